The summed E-state index contributed by atoms with van der Waals surface area (Å²) in [7, 11) is 0. The zero-order valence-electron chi connectivity index (χ0n) is 7.24. The number of rotatable bonds is 4. The molecule has 1 rings (SSSR count). The van der Waals surface area contributed by atoms with E-state index in [1.54, 1.807) is 0 Å². The molecule has 76 valence electrons. The van der Waals surface area contributed by atoms with Gasteiger partial charge in [-0.2, -0.15) is 0 Å². The molecule has 0 radical (unpaired) electrons. The van der Waals surface area contributed by atoms with E-state index in [1.165, 1.54) is 18.2 Å². The van der Waals surface area contributed by atoms with E-state index in [4.69, 9.17) is 26.6 Å². The largest absolute Gasteiger partial charge is 0.508 e. The predicted molar refractivity (Wildman–Crippen MR) is 50.9 cm³/mol. The summed E-state index contributed by atoms with van der Waals surface area (Å²) in [6.07, 6.45) is -0.0861. The average Bonchev–Trinajstić information content (AvgIpc) is 2.08. The lowest BCUT2D eigenvalue weighted by Crippen LogP contribution is -2.04. The number of carboxylic acids is 1. The van der Waals surface area contributed by atoms with E-state index in [0.717, 1.165) is 0 Å². The summed E-state index contributed by atoms with van der Waals surface area (Å²) in [6.45, 7) is 0.0554. The Hall–Kier alpha value is -1.42. The standard InChI is InChI=1S/C9H9ClO4/c10-7-5-6(11)1-2-8(7)14-4-3-9(12)13/h1-2,5,11H,3-4H2,(H,12,13). The fourth-order valence-corrected chi connectivity index (χ4v) is 1.08. The topological polar surface area (TPSA) is 66.8 Å². The van der Waals surface area contributed by atoms with Crippen molar-refractivity contribution in [3.05, 3.63) is 23.2 Å². The first-order valence-electron chi connectivity index (χ1n) is 3.92. The maximum Gasteiger partial charge on any atom is 0.306 e. The van der Waals surface area contributed by atoms with E-state index in [1.807, 2.05) is 0 Å². The second kappa shape index (κ2) is 4.72. The van der Waals surface area contributed by atoms with Crippen molar-refractivity contribution in [1.82, 2.24) is 0 Å². The van der Waals surface area contributed by atoms with Crippen molar-refractivity contribution in [2.75, 3.05) is 6.61 Å². The fraction of sp³-hybridized carbons (Fsp3) is 0.222. The number of aliphatic carboxylic acids is 1. The molecule has 5 heteroatoms. The molecule has 0 heterocycles. The molecule has 0 saturated carbocycles. The predicted octanol–water partition coefficient (Wildman–Crippen LogP) is 1.90. The van der Waals surface area contributed by atoms with E-state index in [9.17, 15) is 4.79 Å². The zero-order valence-corrected chi connectivity index (χ0v) is 7.99. The summed E-state index contributed by atoms with van der Waals surface area (Å²) in [4.78, 5) is 10.2. The van der Waals surface area contributed by atoms with Gasteiger partial charge in [-0.3, -0.25) is 4.79 Å². The molecule has 0 aliphatic carbocycles. The van der Waals surface area contributed by atoms with E-state index < -0.39 is 5.97 Å². The Labute approximate surface area is 85.7 Å². The highest BCUT2D eigenvalue weighted by Gasteiger charge is 2.03. The van der Waals surface area contributed by atoms with Gasteiger partial charge in [0.25, 0.3) is 0 Å². The third kappa shape index (κ3) is 3.14. The van der Waals surface area contributed by atoms with Gasteiger partial charge in [-0.25, -0.2) is 0 Å². The van der Waals surface area contributed by atoms with Crippen LogP contribution in [-0.4, -0.2) is 22.8 Å². The number of halogens is 1. The Morgan fingerprint density at radius 2 is 2.21 bits per heavy atom. The summed E-state index contributed by atoms with van der Waals surface area (Å²) in [6, 6.07) is 4.24. The Kier molecular flexibility index (Phi) is 3.59. The smallest absolute Gasteiger partial charge is 0.306 e. The maximum atomic E-state index is 10.2. The number of hydrogen-bond acceptors (Lipinski definition) is 3. The summed E-state index contributed by atoms with van der Waals surface area (Å²) < 4.78 is 5.08. The van der Waals surface area contributed by atoms with Crippen molar-refractivity contribution < 1.29 is 19.7 Å². The van der Waals surface area contributed by atoms with E-state index in [2.05, 4.69) is 0 Å². The fourth-order valence-electron chi connectivity index (χ4n) is 0.855. The van der Waals surface area contributed by atoms with E-state index >= 15 is 0 Å². The highest BCUT2D eigenvalue weighted by atomic mass is 35.5. The van der Waals surface area contributed by atoms with Gasteiger partial charge in [0.05, 0.1) is 18.1 Å². The summed E-state index contributed by atoms with van der Waals surface area (Å²) in [5, 5.41) is 17.6. The monoisotopic (exact) mass is 216 g/mol. The van der Waals surface area contributed by atoms with Crippen LogP contribution in [0.4, 0.5) is 0 Å². The first-order valence-corrected chi connectivity index (χ1v) is 4.30. The van der Waals surface area contributed by atoms with E-state index in [-0.39, 0.29) is 23.8 Å². The minimum atomic E-state index is -0.931. The molecule has 1 aromatic rings. The van der Waals surface area contributed by atoms with Crippen LogP contribution in [-0.2, 0) is 4.79 Å². The van der Waals surface area contributed by atoms with Gasteiger partial charge in [0.15, 0.2) is 0 Å². The second-order valence-corrected chi connectivity index (χ2v) is 3.01. The Morgan fingerprint density at radius 1 is 1.50 bits per heavy atom. The van der Waals surface area contributed by atoms with Gasteiger partial charge in [0.1, 0.15) is 11.5 Å². The van der Waals surface area contributed by atoms with Gasteiger partial charge in [0.2, 0.25) is 0 Å². The van der Waals surface area contributed by atoms with Crippen LogP contribution < -0.4 is 4.74 Å². The van der Waals surface area contributed by atoms with Crippen molar-refractivity contribution in [2.45, 2.75) is 6.42 Å². The molecule has 0 aromatic heterocycles. The molecule has 0 aliphatic rings. The van der Waals surface area contributed by atoms with Crippen molar-refractivity contribution in [3.8, 4) is 11.5 Å². The first kappa shape index (κ1) is 10.7. The minimum Gasteiger partial charge on any atom is -0.508 e. The van der Waals surface area contributed by atoms with Gasteiger partial charge >= 0.3 is 5.97 Å². The maximum absolute atomic E-state index is 10.2. The second-order valence-electron chi connectivity index (χ2n) is 2.61. The van der Waals surface area contributed by atoms with Crippen LogP contribution in [0.2, 0.25) is 5.02 Å². The minimum absolute atomic E-state index is 0.0422. The normalized spacial score (nSPS) is 9.79. The Balaban J connectivity index is 2.55. The van der Waals surface area contributed by atoms with Gasteiger partial charge in [-0.15, -0.1) is 0 Å². The molecule has 4 nitrogen and oxygen atoms in total. The van der Waals surface area contributed by atoms with Crippen LogP contribution in [0.1, 0.15) is 6.42 Å². The highest BCUT2D eigenvalue weighted by molar-refractivity contribution is 6.32. The van der Waals surface area contributed by atoms with Crippen LogP contribution in [0.25, 0.3) is 0 Å². The molecule has 0 bridgehead atoms. The number of hydrogen-bond donors (Lipinski definition) is 2. The van der Waals surface area contributed by atoms with Crippen LogP contribution in [0.5, 0.6) is 11.5 Å². The number of benzene rings is 1. The number of aromatic hydroxyl groups is 1. The molecule has 0 atom stereocenters. The van der Waals surface area contributed by atoms with Gasteiger partial charge < -0.3 is 14.9 Å². The number of carbonyl (C=O) groups is 1. The first-order chi connectivity index (χ1) is 6.59. The zero-order chi connectivity index (χ0) is 10.6. The lowest BCUT2D eigenvalue weighted by atomic mass is 10.3. The van der Waals surface area contributed by atoms with Crippen LogP contribution in [0.3, 0.4) is 0 Å². The molecular formula is C9H9ClO4. The van der Waals surface area contributed by atoms with Crippen LogP contribution in [0.15, 0.2) is 18.2 Å². The molecule has 0 aliphatic heterocycles. The molecular weight excluding hydrogens is 208 g/mol. The van der Waals surface area contributed by atoms with Crippen LogP contribution in [0, 0.1) is 0 Å². The molecule has 0 unspecified atom stereocenters. The lowest BCUT2D eigenvalue weighted by molar-refractivity contribution is -0.137. The average molecular weight is 217 g/mol. The summed E-state index contributed by atoms with van der Waals surface area (Å²) >= 11 is 5.71. The van der Waals surface area contributed by atoms with Crippen LogP contribution >= 0.6 is 11.6 Å². The molecule has 14 heavy (non-hydrogen) atoms. The van der Waals surface area contributed by atoms with Crippen molar-refractivity contribution in [3.63, 3.8) is 0 Å². The molecule has 2 N–H and O–H groups in total. The van der Waals surface area contributed by atoms with Gasteiger partial charge in [0, 0.05) is 6.07 Å². The van der Waals surface area contributed by atoms with Crippen molar-refractivity contribution in [1.29, 1.82) is 0 Å². The number of ether oxygens (including phenoxy) is 1. The van der Waals surface area contributed by atoms with Crippen molar-refractivity contribution >= 4 is 17.6 Å². The van der Waals surface area contributed by atoms with E-state index in [0.29, 0.717) is 5.75 Å². The lowest BCUT2D eigenvalue weighted by Gasteiger charge is -2.06. The van der Waals surface area contributed by atoms with Gasteiger partial charge in [-0.05, 0) is 12.1 Å². The highest BCUT2D eigenvalue weighted by Crippen LogP contribution is 2.27. The third-order valence-corrected chi connectivity index (χ3v) is 1.78. The Bertz CT molecular complexity index is 338. The molecule has 0 amide bonds. The number of phenolic OH excluding ortho intramolecular Hbond substituents is 1. The summed E-state index contributed by atoms with van der Waals surface area (Å²) in [5.41, 5.74) is 0. The number of carboxylic acid groups (broad SMARTS) is 1. The van der Waals surface area contributed by atoms with Crippen molar-refractivity contribution in [2.24, 2.45) is 0 Å². The molecule has 0 fully saturated rings. The summed E-state index contributed by atoms with van der Waals surface area (Å²) in [5.74, 6) is -0.522. The SMILES string of the molecule is O=C(O)CCOc1ccc(O)cc1Cl. The quantitative estimate of drug-likeness (QED) is 0.807. The third-order valence-electron chi connectivity index (χ3n) is 1.49. The van der Waals surface area contributed by atoms with Gasteiger partial charge in [-0.1, -0.05) is 11.6 Å². The Morgan fingerprint density at radius 3 is 2.79 bits per heavy atom. The molecule has 0 saturated heterocycles. The molecule has 0 spiro atoms. The number of phenols is 1. The molecule has 1 aromatic carbocycles.